The molecule has 33 heavy (non-hydrogen) atoms. The molecular formula is C22H29N9O2. The number of piperazine rings is 1. The molecular weight excluding hydrogens is 422 g/mol. The fourth-order valence-corrected chi connectivity index (χ4v) is 3.99. The number of rotatable bonds is 6. The molecule has 3 aromatic heterocycles. The van der Waals surface area contributed by atoms with E-state index >= 15 is 0 Å². The molecule has 0 unspecified atom stereocenters. The highest BCUT2D eigenvalue weighted by atomic mass is 16.2. The van der Waals surface area contributed by atoms with E-state index in [9.17, 15) is 9.59 Å². The lowest BCUT2D eigenvalue weighted by molar-refractivity contribution is -0.147. The molecule has 0 bridgehead atoms. The lowest BCUT2D eigenvalue weighted by Gasteiger charge is -2.38. The van der Waals surface area contributed by atoms with Gasteiger partial charge in [-0.3, -0.25) is 9.59 Å². The second-order valence-electron chi connectivity index (χ2n) is 8.27. The van der Waals surface area contributed by atoms with E-state index in [1.807, 2.05) is 32.3 Å². The van der Waals surface area contributed by atoms with E-state index in [0.717, 1.165) is 5.56 Å². The quantitative estimate of drug-likeness (QED) is 0.598. The molecule has 0 aromatic carbocycles. The van der Waals surface area contributed by atoms with E-state index in [0.29, 0.717) is 48.1 Å². The molecule has 2 amide bonds. The maximum absolute atomic E-state index is 13.3. The van der Waals surface area contributed by atoms with Gasteiger partial charge in [0.15, 0.2) is 17.0 Å². The normalized spacial score (nSPS) is 17.5. The number of aryl methyl sites for hydroxylation is 2. The van der Waals surface area contributed by atoms with Gasteiger partial charge in [0.05, 0.1) is 12.1 Å². The summed E-state index contributed by atoms with van der Waals surface area (Å²) >= 11 is 0. The third-order valence-corrected chi connectivity index (χ3v) is 6.08. The van der Waals surface area contributed by atoms with Gasteiger partial charge < -0.3 is 19.7 Å². The minimum atomic E-state index is -0.538. The SMILES string of the molecule is CC[C@H](Nc1ncnc2c1nc(-c1cnc(C)nc1)n2CC)C(=O)N1CC(=O)N(C)[C@H](C)C1. The topological polar surface area (TPSA) is 122 Å². The zero-order valence-electron chi connectivity index (χ0n) is 19.6. The first-order valence-electron chi connectivity index (χ1n) is 11.1. The summed E-state index contributed by atoms with van der Waals surface area (Å²) in [5, 5.41) is 3.26. The van der Waals surface area contributed by atoms with Crippen LogP contribution in [0.2, 0.25) is 0 Å². The van der Waals surface area contributed by atoms with Crippen LogP contribution in [0.5, 0.6) is 0 Å². The van der Waals surface area contributed by atoms with Crippen LogP contribution in [0.15, 0.2) is 18.7 Å². The van der Waals surface area contributed by atoms with Gasteiger partial charge in [-0.15, -0.1) is 0 Å². The van der Waals surface area contributed by atoms with Gasteiger partial charge in [-0.05, 0) is 27.2 Å². The molecule has 0 spiro atoms. The van der Waals surface area contributed by atoms with Crippen LogP contribution < -0.4 is 5.32 Å². The van der Waals surface area contributed by atoms with E-state index in [2.05, 4.69) is 25.3 Å². The highest BCUT2D eigenvalue weighted by Crippen LogP contribution is 2.27. The van der Waals surface area contributed by atoms with Crippen molar-refractivity contribution in [2.75, 3.05) is 25.5 Å². The number of anilines is 1. The Balaban J connectivity index is 1.66. The Morgan fingerprint density at radius 2 is 1.94 bits per heavy atom. The van der Waals surface area contributed by atoms with Crippen LogP contribution in [-0.4, -0.2) is 83.3 Å². The molecule has 0 saturated carbocycles. The van der Waals surface area contributed by atoms with E-state index in [-0.39, 0.29) is 24.4 Å². The Hall–Kier alpha value is -3.63. The molecule has 3 aromatic rings. The molecule has 11 nitrogen and oxygen atoms in total. The predicted octanol–water partition coefficient (Wildman–Crippen LogP) is 1.49. The van der Waals surface area contributed by atoms with Gasteiger partial charge in [-0.1, -0.05) is 6.92 Å². The monoisotopic (exact) mass is 451 g/mol. The van der Waals surface area contributed by atoms with Crippen LogP contribution in [0, 0.1) is 6.92 Å². The molecule has 1 aliphatic heterocycles. The summed E-state index contributed by atoms with van der Waals surface area (Å²) in [5.41, 5.74) is 2.01. The number of hydrogen-bond acceptors (Lipinski definition) is 8. The van der Waals surface area contributed by atoms with Crippen molar-refractivity contribution in [2.45, 2.75) is 52.7 Å². The lowest BCUT2D eigenvalue weighted by Crippen LogP contribution is -2.57. The molecule has 0 radical (unpaired) electrons. The average molecular weight is 452 g/mol. The van der Waals surface area contributed by atoms with Gasteiger partial charge in [-0.25, -0.2) is 24.9 Å². The maximum atomic E-state index is 13.3. The van der Waals surface area contributed by atoms with Crippen molar-refractivity contribution in [2.24, 2.45) is 0 Å². The van der Waals surface area contributed by atoms with Gasteiger partial charge in [-0.2, -0.15) is 0 Å². The number of imidazole rings is 1. The van der Waals surface area contributed by atoms with Crippen LogP contribution in [0.1, 0.15) is 33.0 Å². The number of carbonyl (C=O) groups excluding carboxylic acids is 2. The molecule has 174 valence electrons. The first-order chi connectivity index (χ1) is 15.8. The minimum Gasteiger partial charge on any atom is -0.356 e. The summed E-state index contributed by atoms with van der Waals surface area (Å²) in [4.78, 5) is 51.0. The van der Waals surface area contributed by atoms with Gasteiger partial charge in [0.2, 0.25) is 11.8 Å². The molecule has 1 fully saturated rings. The number of nitrogens with one attached hydrogen (secondary N) is 1. The lowest BCUT2D eigenvalue weighted by atomic mass is 10.1. The summed E-state index contributed by atoms with van der Waals surface area (Å²) in [6, 6.07) is -0.567. The molecule has 0 aliphatic carbocycles. The van der Waals surface area contributed by atoms with Crippen molar-refractivity contribution in [3.8, 4) is 11.4 Å². The highest BCUT2D eigenvalue weighted by molar-refractivity contribution is 5.92. The summed E-state index contributed by atoms with van der Waals surface area (Å²) in [6.45, 7) is 8.94. The number of hydrogen-bond donors (Lipinski definition) is 1. The predicted molar refractivity (Wildman–Crippen MR) is 123 cm³/mol. The van der Waals surface area contributed by atoms with Crippen LogP contribution in [0.4, 0.5) is 5.82 Å². The van der Waals surface area contributed by atoms with Crippen LogP contribution in [0.25, 0.3) is 22.6 Å². The van der Waals surface area contributed by atoms with Crippen LogP contribution >= 0.6 is 0 Å². The van der Waals surface area contributed by atoms with Crippen molar-refractivity contribution in [3.63, 3.8) is 0 Å². The van der Waals surface area contributed by atoms with E-state index in [4.69, 9.17) is 4.98 Å². The molecule has 11 heteroatoms. The van der Waals surface area contributed by atoms with Crippen LogP contribution in [-0.2, 0) is 16.1 Å². The van der Waals surface area contributed by atoms with Gasteiger partial charge in [0, 0.05) is 38.6 Å². The van der Waals surface area contributed by atoms with E-state index < -0.39 is 6.04 Å². The Morgan fingerprint density at radius 3 is 2.58 bits per heavy atom. The van der Waals surface area contributed by atoms with Gasteiger partial charge >= 0.3 is 0 Å². The minimum absolute atomic E-state index is 0.0296. The zero-order valence-corrected chi connectivity index (χ0v) is 19.6. The highest BCUT2D eigenvalue weighted by Gasteiger charge is 2.33. The summed E-state index contributed by atoms with van der Waals surface area (Å²) in [5.74, 6) is 1.66. The molecule has 4 rings (SSSR count). The molecule has 1 N–H and O–H groups in total. The van der Waals surface area contributed by atoms with Crippen molar-refractivity contribution in [1.29, 1.82) is 0 Å². The first-order valence-corrected chi connectivity index (χ1v) is 11.1. The first kappa shape index (κ1) is 22.6. The molecule has 4 heterocycles. The van der Waals surface area contributed by atoms with Crippen molar-refractivity contribution >= 4 is 28.8 Å². The maximum Gasteiger partial charge on any atom is 0.245 e. The third-order valence-electron chi connectivity index (χ3n) is 6.08. The number of likely N-dealkylation sites (N-methyl/N-ethyl adjacent to an activating group) is 1. The fourth-order valence-electron chi connectivity index (χ4n) is 3.99. The standard InChI is InChI=1S/C22H29N9O2/c1-6-16(22(33)30-10-13(3)29(5)17(32)11-30)27-19-18-21(26-12-25-19)31(7-2)20(28-18)15-8-23-14(4)24-9-15/h8-9,12-13,16H,6-7,10-11H2,1-5H3,(H,25,26,27)/t13-,16+/m1/s1. The smallest absolute Gasteiger partial charge is 0.245 e. The number of amides is 2. The molecule has 2 atom stereocenters. The second-order valence-corrected chi connectivity index (χ2v) is 8.27. The number of carbonyl (C=O) groups is 2. The summed E-state index contributed by atoms with van der Waals surface area (Å²) in [7, 11) is 1.77. The fraction of sp³-hybridized carbons (Fsp3) is 0.500. The van der Waals surface area contributed by atoms with Gasteiger partial charge in [0.25, 0.3) is 0 Å². The Morgan fingerprint density at radius 1 is 1.21 bits per heavy atom. The summed E-state index contributed by atoms with van der Waals surface area (Å²) < 4.78 is 1.97. The second kappa shape index (κ2) is 9.08. The number of aromatic nitrogens is 6. The third kappa shape index (κ3) is 4.22. The van der Waals surface area contributed by atoms with E-state index in [1.165, 1.54) is 6.33 Å². The van der Waals surface area contributed by atoms with Gasteiger partial charge in [0.1, 0.15) is 24.0 Å². The Kier molecular flexibility index (Phi) is 6.21. The Labute approximate surface area is 192 Å². The van der Waals surface area contributed by atoms with Crippen molar-refractivity contribution in [1.82, 2.24) is 39.3 Å². The summed E-state index contributed by atoms with van der Waals surface area (Å²) in [6.07, 6.45) is 5.47. The number of fused-ring (bicyclic) bond motifs is 1. The van der Waals surface area contributed by atoms with Crippen LogP contribution in [0.3, 0.4) is 0 Å². The van der Waals surface area contributed by atoms with E-state index in [1.54, 1.807) is 29.2 Å². The average Bonchev–Trinajstić information content (AvgIpc) is 3.20. The largest absolute Gasteiger partial charge is 0.356 e. The van der Waals surface area contributed by atoms with Crippen molar-refractivity contribution in [3.05, 3.63) is 24.5 Å². The zero-order chi connectivity index (χ0) is 23.7. The number of nitrogens with zero attached hydrogens (tertiary/aromatic N) is 8. The Bertz CT molecular complexity index is 1170. The molecule has 1 saturated heterocycles. The van der Waals surface area contributed by atoms with Crippen molar-refractivity contribution < 1.29 is 9.59 Å². The molecule has 1 aliphatic rings.